The Morgan fingerprint density at radius 1 is 1.20 bits per heavy atom. The molecule has 25 heavy (non-hydrogen) atoms. The summed E-state index contributed by atoms with van der Waals surface area (Å²) in [5.74, 6) is -2.24. The van der Waals surface area contributed by atoms with E-state index in [1.165, 1.54) is 0 Å². The average Bonchev–Trinajstić information content (AvgIpc) is 3.06. The van der Waals surface area contributed by atoms with Crippen molar-refractivity contribution >= 4 is 17.5 Å². The van der Waals surface area contributed by atoms with E-state index in [0.717, 1.165) is 36.1 Å². The third-order valence-electron chi connectivity index (χ3n) is 4.51. The summed E-state index contributed by atoms with van der Waals surface area (Å²) >= 11 is 5.90. The monoisotopic (exact) mass is 365 g/mol. The molecule has 0 spiro atoms. The third kappa shape index (κ3) is 3.99. The number of hydrogen-bond acceptors (Lipinski definition) is 2. The number of hydrogen-bond donors (Lipinski definition) is 1. The summed E-state index contributed by atoms with van der Waals surface area (Å²) in [6.07, 6.45) is 1.62. The van der Waals surface area contributed by atoms with Gasteiger partial charge in [-0.15, -0.1) is 0 Å². The van der Waals surface area contributed by atoms with E-state index in [9.17, 15) is 18.7 Å². The first-order valence-electron chi connectivity index (χ1n) is 8.10. The van der Waals surface area contributed by atoms with Crippen molar-refractivity contribution in [1.82, 2.24) is 4.90 Å². The van der Waals surface area contributed by atoms with Gasteiger partial charge in [-0.05, 0) is 42.0 Å². The maximum atomic E-state index is 13.4. The summed E-state index contributed by atoms with van der Waals surface area (Å²) in [5.41, 5.74) is 1.96. The maximum absolute atomic E-state index is 13.4. The first-order chi connectivity index (χ1) is 12.0. The van der Waals surface area contributed by atoms with Gasteiger partial charge in [-0.25, -0.2) is 8.78 Å². The van der Waals surface area contributed by atoms with Crippen molar-refractivity contribution in [1.29, 1.82) is 0 Å². The molecule has 3 nitrogen and oxygen atoms in total. The van der Waals surface area contributed by atoms with Crippen LogP contribution in [-0.2, 0) is 13.0 Å². The zero-order valence-corrected chi connectivity index (χ0v) is 14.3. The second-order valence-electron chi connectivity index (χ2n) is 6.33. The van der Waals surface area contributed by atoms with E-state index < -0.39 is 11.6 Å². The van der Waals surface area contributed by atoms with Gasteiger partial charge in [-0.3, -0.25) is 4.79 Å². The number of likely N-dealkylation sites (tertiary alicyclic amines) is 1. The topological polar surface area (TPSA) is 40.5 Å². The second-order valence-corrected chi connectivity index (χ2v) is 6.74. The predicted molar refractivity (Wildman–Crippen MR) is 91.4 cm³/mol. The van der Waals surface area contributed by atoms with Crippen molar-refractivity contribution in [3.05, 3.63) is 69.7 Å². The fourth-order valence-corrected chi connectivity index (χ4v) is 3.46. The quantitative estimate of drug-likeness (QED) is 0.837. The van der Waals surface area contributed by atoms with Crippen molar-refractivity contribution in [2.24, 2.45) is 5.92 Å². The molecule has 0 aliphatic carbocycles. The zero-order chi connectivity index (χ0) is 18.0. The van der Waals surface area contributed by atoms with Crippen LogP contribution >= 0.6 is 11.6 Å². The Bertz CT molecular complexity index is 797. The maximum Gasteiger partial charge on any atom is 0.255 e. The Morgan fingerprint density at radius 2 is 1.92 bits per heavy atom. The highest BCUT2D eigenvalue weighted by Gasteiger charge is 2.28. The van der Waals surface area contributed by atoms with Crippen molar-refractivity contribution in [3.63, 3.8) is 0 Å². The highest BCUT2D eigenvalue weighted by atomic mass is 35.5. The van der Waals surface area contributed by atoms with Gasteiger partial charge in [0.05, 0.1) is 17.2 Å². The molecule has 1 N–H and O–H groups in total. The molecule has 0 saturated carbocycles. The van der Waals surface area contributed by atoms with Gasteiger partial charge in [0.1, 0.15) is 0 Å². The summed E-state index contributed by atoms with van der Waals surface area (Å²) < 4.78 is 26.6. The summed E-state index contributed by atoms with van der Waals surface area (Å²) in [6.45, 7) is 1.09. The van der Waals surface area contributed by atoms with Crippen LogP contribution in [0, 0.1) is 17.6 Å². The van der Waals surface area contributed by atoms with Gasteiger partial charge < -0.3 is 10.0 Å². The molecule has 2 aromatic rings. The number of benzene rings is 2. The highest BCUT2D eigenvalue weighted by molar-refractivity contribution is 6.33. The molecule has 1 heterocycles. The van der Waals surface area contributed by atoms with E-state index in [-0.39, 0.29) is 29.0 Å². The van der Waals surface area contributed by atoms with Crippen LogP contribution in [0.2, 0.25) is 5.02 Å². The van der Waals surface area contributed by atoms with Crippen LogP contribution in [0.3, 0.4) is 0 Å². The van der Waals surface area contributed by atoms with Gasteiger partial charge in [0.25, 0.3) is 5.91 Å². The van der Waals surface area contributed by atoms with Crippen LogP contribution < -0.4 is 0 Å². The van der Waals surface area contributed by atoms with E-state index in [0.29, 0.717) is 13.1 Å². The van der Waals surface area contributed by atoms with Crippen LogP contribution in [0.15, 0.2) is 36.4 Å². The second kappa shape index (κ2) is 7.50. The molecule has 2 aromatic carbocycles. The van der Waals surface area contributed by atoms with Gasteiger partial charge in [-0.1, -0.05) is 35.9 Å². The molecule has 0 bridgehead atoms. The van der Waals surface area contributed by atoms with Crippen LogP contribution in [0.1, 0.15) is 27.9 Å². The Kier molecular flexibility index (Phi) is 5.35. The van der Waals surface area contributed by atoms with Crippen molar-refractivity contribution in [2.75, 3.05) is 13.1 Å². The van der Waals surface area contributed by atoms with E-state index in [4.69, 9.17) is 11.6 Å². The molecule has 1 fully saturated rings. The van der Waals surface area contributed by atoms with E-state index in [2.05, 4.69) is 0 Å². The number of halogens is 3. The lowest BCUT2D eigenvalue weighted by atomic mass is 9.97. The molecule has 0 aromatic heterocycles. The highest BCUT2D eigenvalue weighted by Crippen LogP contribution is 2.26. The third-order valence-corrected chi connectivity index (χ3v) is 4.82. The first-order valence-corrected chi connectivity index (χ1v) is 8.48. The molecule has 1 amide bonds. The minimum absolute atomic E-state index is 0.00223. The first kappa shape index (κ1) is 17.8. The number of aliphatic hydroxyl groups is 1. The lowest BCUT2D eigenvalue weighted by molar-refractivity contribution is 0.0786. The SMILES string of the molecule is O=C(c1cc(F)c(F)cc1Cl)N1CC[C@H](Cc2cccc(CO)c2)C1. The Labute approximate surface area is 149 Å². The van der Waals surface area contributed by atoms with Gasteiger partial charge in [0, 0.05) is 13.1 Å². The fourth-order valence-electron chi connectivity index (χ4n) is 3.23. The van der Waals surface area contributed by atoms with Gasteiger partial charge in [0.15, 0.2) is 11.6 Å². The average molecular weight is 366 g/mol. The minimum atomic E-state index is -1.08. The molecule has 6 heteroatoms. The van der Waals surface area contributed by atoms with Gasteiger partial charge in [0.2, 0.25) is 0 Å². The van der Waals surface area contributed by atoms with Crippen molar-refractivity contribution < 1.29 is 18.7 Å². The fraction of sp³-hybridized carbons (Fsp3) is 0.316. The molecule has 3 rings (SSSR count). The zero-order valence-electron chi connectivity index (χ0n) is 13.5. The Balaban J connectivity index is 1.68. The molecular weight excluding hydrogens is 348 g/mol. The van der Waals surface area contributed by atoms with Gasteiger partial charge >= 0.3 is 0 Å². The summed E-state index contributed by atoms with van der Waals surface area (Å²) in [4.78, 5) is 14.2. The molecule has 0 radical (unpaired) electrons. The van der Waals surface area contributed by atoms with E-state index >= 15 is 0 Å². The van der Waals surface area contributed by atoms with Crippen LogP contribution in [0.4, 0.5) is 8.78 Å². The molecule has 1 saturated heterocycles. The molecular formula is C19H18ClF2NO2. The van der Waals surface area contributed by atoms with E-state index in [1.807, 2.05) is 24.3 Å². The number of aliphatic hydroxyl groups excluding tert-OH is 1. The minimum Gasteiger partial charge on any atom is -0.392 e. The van der Waals surface area contributed by atoms with Crippen molar-refractivity contribution in [3.8, 4) is 0 Å². The van der Waals surface area contributed by atoms with Crippen molar-refractivity contribution in [2.45, 2.75) is 19.4 Å². The molecule has 1 aliphatic rings. The number of amides is 1. The molecule has 1 atom stereocenters. The van der Waals surface area contributed by atoms with Crippen LogP contribution in [0.5, 0.6) is 0 Å². The summed E-state index contributed by atoms with van der Waals surface area (Å²) in [5, 5.41) is 9.13. The summed E-state index contributed by atoms with van der Waals surface area (Å²) in [7, 11) is 0. The standard InChI is InChI=1S/C19H18ClF2NO2/c20-16-9-18(22)17(21)8-15(16)19(25)23-5-4-13(10-23)6-12-2-1-3-14(7-12)11-24/h1-3,7-9,13,24H,4-6,10-11H2/t13-/m1/s1. The lowest BCUT2D eigenvalue weighted by Gasteiger charge is -2.18. The number of carbonyl (C=O) groups is 1. The number of nitrogens with zero attached hydrogens (tertiary/aromatic N) is 1. The number of carbonyl (C=O) groups excluding carboxylic acids is 1. The molecule has 1 aliphatic heterocycles. The Morgan fingerprint density at radius 3 is 2.68 bits per heavy atom. The smallest absolute Gasteiger partial charge is 0.255 e. The normalized spacial score (nSPS) is 17.1. The largest absolute Gasteiger partial charge is 0.392 e. The van der Waals surface area contributed by atoms with Crippen LogP contribution in [0.25, 0.3) is 0 Å². The molecule has 0 unspecified atom stereocenters. The van der Waals surface area contributed by atoms with Gasteiger partial charge in [-0.2, -0.15) is 0 Å². The molecule has 132 valence electrons. The van der Waals surface area contributed by atoms with E-state index in [1.54, 1.807) is 4.90 Å². The lowest BCUT2D eigenvalue weighted by Crippen LogP contribution is -2.29. The Hall–Kier alpha value is -1.98. The van der Waals surface area contributed by atoms with Crippen LogP contribution in [-0.4, -0.2) is 29.0 Å². The predicted octanol–water partition coefficient (Wildman–Crippen LogP) is 3.82. The summed E-state index contributed by atoms with van der Waals surface area (Å²) in [6, 6.07) is 9.40. The number of rotatable bonds is 4.